The van der Waals surface area contributed by atoms with E-state index in [9.17, 15) is 10.1 Å². The van der Waals surface area contributed by atoms with Gasteiger partial charge in [-0.15, -0.1) is 0 Å². The minimum absolute atomic E-state index is 0.100. The number of hydrogen-bond acceptors (Lipinski definition) is 4. The summed E-state index contributed by atoms with van der Waals surface area (Å²) in [5.41, 5.74) is 5.93. The molecule has 1 aromatic rings. The molecule has 0 amide bonds. The van der Waals surface area contributed by atoms with Crippen LogP contribution < -0.4 is 5.73 Å². The highest BCUT2D eigenvalue weighted by molar-refractivity contribution is 5.62. The van der Waals surface area contributed by atoms with Crippen molar-refractivity contribution in [3.8, 4) is 0 Å². The summed E-state index contributed by atoms with van der Waals surface area (Å²) in [6.45, 7) is -0.121. The maximum Gasteiger partial charge on any atom is 0.295 e. The molecule has 70 valence electrons. The van der Waals surface area contributed by atoms with E-state index in [1.54, 1.807) is 12.1 Å². The zero-order valence-corrected chi connectivity index (χ0v) is 6.93. The summed E-state index contributed by atoms with van der Waals surface area (Å²) < 4.78 is 0. The topological polar surface area (TPSA) is 89.4 Å². The number of nitrogen functional groups attached to an aromatic ring is 1. The van der Waals surface area contributed by atoms with Gasteiger partial charge >= 0.3 is 0 Å². The van der Waals surface area contributed by atoms with E-state index in [1.165, 1.54) is 6.07 Å². The number of nitro groups is 1. The molecule has 5 nitrogen and oxygen atoms in total. The summed E-state index contributed by atoms with van der Waals surface area (Å²) in [6, 6.07) is 4.69. The van der Waals surface area contributed by atoms with Gasteiger partial charge < -0.3 is 10.8 Å². The average Bonchev–Trinajstić information content (AvgIpc) is 2.04. The van der Waals surface area contributed by atoms with Crippen molar-refractivity contribution in [3.63, 3.8) is 0 Å². The number of nitrogens with two attached hydrogens (primary N) is 1. The van der Waals surface area contributed by atoms with Gasteiger partial charge in [-0.25, -0.2) is 0 Å². The van der Waals surface area contributed by atoms with Crippen LogP contribution >= 0.6 is 0 Å². The average molecular weight is 182 g/mol. The van der Waals surface area contributed by atoms with Crippen LogP contribution in [0.3, 0.4) is 0 Å². The monoisotopic (exact) mass is 182 g/mol. The van der Waals surface area contributed by atoms with Crippen molar-refractivity contribution in [2.24, 2.45) is 0 Å². The first kappa shape index (κ1) is 9.47. The second kappa shape index (κ2) is 3.86. The summed E-state index contributed by atoms with van der Waals surface area (Å²) in [6.07, 6.45) is 0.251. The van der Waals surface area contributed by atoms with Gasteiger partial charge in [0.1, 0.15) is 5.69 Å². The minimum Gasteiger partial charge on any atom is -0.396 e. The fourth-order valence-corrected chi connectivity index (χ4v) is 1.16. The van der Waals surface area contributed by atoms with Gasteiger partial charge in [0, 0.05) is 18.6 Å². The lowest BCUT2D eigenvalue weighted by Gasteiger charge is -2.02. The Morgan fingerprint density at radius 1 is 1.54 bits per heavy atom. The SMILES string of the molecule is Nc1cccc(CCO)c1[N+](=O)[O-]. The fraction of sp³-hybridized carbons (Fsp3) is 0.250. The molecule has 0 fully saturated rings. The largest absolute Gasteiger partial charge is 0.396 e. The number of para-hydroxylation sites is 1. The molecule has 0 spiro atoms. The van der Waals surface area contributed by atoms with Crippen LogP contribution in [0.15, 0.2) is 18.2 Å². The lowest BCUT2D eigenvalue weighted by molar-refractivity contribution is -0.384. The first-order chi connectivity index (χ1) is 6.16. The van der Waals surface area contributed by atoms with Crippen molar-refractivity contribution >= 4 is 11.4 Å². The second-order valence-corrected chi connectivity index (χ2v) is 2.59. The maximum atomic E-state index is 10.6. The molecule has 0 bridgehead atoms. The van der Waals surface area contributed by atoms with E-state index in [-0.39, 0.29) is 24.4 Å². The number of nitrogens with zero attached hydrogens (tertiary/aromatic N) is 1. The Morgan fingerprint density at radius 3 is 2.77 bits per heavy atom. The van der Waals surface area contributed by atoms with E-state index in [2.05, 4.69) is 0 Å². The molecule has 1 aromatic carbocycles. The second-order valence-electron chi connectivity index (χ2n) is 2.59. The fourth-order valence-electron chi connectivity index (χ4n) is 1.16. The molecule has 0 aliphatic rings. The van der Waals surface area contributed by atoms with E-state index in [0.717, 1.165) is 0 Å². The molecule has 0 aliphatic heterocycles. The lowest BCUT2D eigenvalue weighted by Crippen LogP contribution is -2.01. The Labute approximate surface area is 74.9 Å². The number of benzene rings is 1. The van der Waals surface area contributed by atoms with E-state index in [1.807, 2.05) is 0 Å². The first-order valence-corrected chi connectivity index (χ1v) is 3.79. The van der Waals surface area contributed by atoms with Crippen LogP contribution in [0.25, 0.3) is 0 Å². The van der Waals surface area contributed by atoms with Crippen molar-refractivity contribution in [3.05, 3.63) is 33.9 Å². The van der Waals surface area contributed by atoms with Crippen molar-refractivity contribution < 1.29 is 10.0 Å². The van der Waals surface area contributed by atoms with Crippen LogP contribution in [0.5, 0.6) is 0 Å². The molecule has 1 rings (SSSR count). The van der Waals surface area contributed by atoms with Crippen LogP contribution in [0.4, 0.5) is 11.4 Å². The molecule has 0 radical (unpaired) electrons. The molecule has 0 atom stereocenters. The minimum atomic E-state index is -0.527. The third-order valence-corrected chi connectivity index (χ3v) is 1.71. The third kappa shape index (κ3) is 1.94. The highest BCUT2D eigenvalue weighted by atomic mass is 16.6. The Balaban J connectivity index is 3.17. The summed E-state index contributed by atoms with van der Waals surface area (Å²) >= 11 is 0. The van der Waals surface area contributed by atoms with Gasteiger partial charge in [0.25, 0.3) is 5.69 Å². The molecule has 0 aliphatic carbocycles. The molecular formula is C8H10N2O3. The van der Waals surface area contributed by atoms with Crippen LogP contribution in [-0.2, 0) is 6.42 Å². The number of hydrogen-bond donors (Lipinski definition) is 2. The zero-order chi connectivity index (χ0) is 9.84. The molecule has 0 unspecified atom stereocenters. The molecule has 13 heavy (non-hydrogen) atoms. The predicted octanol–water partition coefficient (Wildman–Crippen LogP) is 0.712. The molecular weight excluding hydrogens is 172 g/mol. The zero-order valence-electron chi connectivity index (χ0n) is 6.93. The van der Waals surface area contributed by atoms with Gasteiger partial charge in [-0.05, 0) is 6.07 Å². The number of nitro benzene ring substituents is 1. The van der Waals surface area contributed by atoms with Gasteiger partial charge in [-0.3, -0.25) is 10.1 Å². The molecule has 0 heterocycles. The summed E-state index contributed by atoms with van der Waals surface area (Å²) in [5, 5.41) is 19.2. The van der Waals surface area contributed by atoms with Crippen molar-refractivity contribution in [1.29, 1.82) is 0 Å². The standard InChI is InChI=1S/C8H10N2O3/c9-7-3-1-2-6(4-5-11)8(7)10(12)13/h1-3,11H,4-5,9H2. The molecule has 0 aromatic heterocycles. The Morgan fingerprint density at radius 2 is 2.23 bits per heavy atom. The number of rotatable bonds is 3. The highest BCUT2D eigenvalue weighted by Gasteiger charge is 2.16. The van der Waals surface area contributed by atoms with Gasteiger partial charge in [-0.2, -0.15) is 0 Å². The van der Waals surface area contributed by atoms with Gasteiger partial charge in [0.05, 0.1) is 4.92 Å². The van der Waals surface area contributed by atoms with Crippen LogP contribution in [0.1, 0.15) is 5.56 Å². The molecule has 3 N–H and O–H groups in total. The number of anilines is 1. The van der Waals surface area contributed by atoms with E-state index >= 15 is 0 Å². The van der Waals surface area contributed by atoms with E-state index < -0.39 is 4.92 Å². The van der Waals surface area contributed by atoms with Crippen LogP contribution in [-0.4, -0.2) is 16.6 Å². The number of aliphatic hydroxyl groups is 1. The normalized spacial score (nSPS) is 9.92. The van der Waals surface area contributed by atoms with Gasteiger partial charge in [-0.1, -0.05) is 12.1 Å². The maximum absolute atomic E-state index is 10.6. The third-order valence-electron chi connectivity index (χ3n) is 1.71. The van der Waals surface area contributed by atoms with Crippen molar-refractivity contribution in [2.75, 3.05) is 12.3 Å². The Kier molecular flexibility index (Phi) is 2.81. The quantitative estimate of drug-likeness (QED) is 0.409. The van der Waals surface area contributed by atoms with Crippen LogP contribution in [0.2, 0.25) is 0 Å². The molecule has 0 saturated heterocycles. The number of aliphatic hydroxyl groups excluding tert-OH is 1. The van der Waals surface area contributed by atoms with Gasteiger partial charge in [0.15, 0.2) is 0 Å². The summed E-state index contributed by atoms with van der Waals surface area (Å²) in [7, 11) is 0. The van der Waals surface area contributed by atoms with Crippen molar-refractivity contribution in [1.82, 2.24) is 0 Å². The summed E-state index contributed by atoms with van der Waals surface area (Å²) in [4.78, 5) is 10.0. The molecule has 0 saturated carbocycles. The van der Waals surface area contributed by atoms with E-state index in [4.69, 9.17) is 10.8 Å². The van der Waals surface area contributed by atoms with E-state index in [0.29, 0.717) is 5.56 Å². The lowest BCUT2D eigenvalue weighted by atomic mass is 10.1. The predicted molar refractivity (Wildman–Crippen MR) is 48.3 cm³/mol. The van der Waals surface area contributed by atoms with Crippen molar-refractivity contribution in [2.45, 2.75) is 6.42 Å². The smallest absolute Gasteiger partial charge is 0.295 e. The summed E-state index contributed by atoms with van der Waals surface area (Å²) in [5.74, 6) is 0. The highest BCUT2D eigenvalue weighted by Crippen LogP contribution is 2.25. The Hall–Kier alpha value is -1.62. The first-order valence-electron chi connectivity index (χ1n) is 3.79. The van der Waals surface area contributed by atoms with Crippen LogP contribution in [0, 0.1) is 10.1 Å². The van der Waals surface area contributed by atoms with Gasteiger partial charge in [0.2, 0.25) is 0 Å². The Bertz CT molecular complexity index is 325. The molecule has 5 heteroatoms.